The van der Waals surface area contributed by atoms with E-state index in [0.29, 0.717) is 15.4 Å². The van der Waals surface area contributed by atoms with E-state index in [9.17, 15) is 9.59 Å². The third-order valence-electron chi connectivity index (χ3n) is 4.76. The number of thiophene rings is 2. The molecule has 0 saturated heterocycles. The average Bonchev–Trinajstić information content (AvgIpc) is 3.41. The Hall–Kier alpha value is -2.16. The van der Waals surface area contributed by atoms with Gasteiger partial charge in [-0.05, 0) is 42.8 Å². The van der Waals surface area contributed by atoms with E-state index >= 15 is 0 Å². The van der Waals surface area contributed by atoms with E-state index in [-0.39, 0.29) is 17.1 Å². The first-order chi connectivity index (χ1) is 13.5. The Kier molecular flexibility index (Phi) is 5.27. The Morgan fingerprint density at radius 2 is 2.04 bits per heavy atom. The minimum absolute atomic E-state index is 0.0519. The summed E-state index contributed by atoms with van der Waals surface area (Å²) in [5.41, 5.74) is 2.72. The second-order valence-corrected chi connectivity index (χ2v) is 9.43. The summed E-state index contributed by atoms with van der Waals surface area (Å²) in [4.78, 5) is 31.8. The molecular formula is C20H19N3O2S3. The molecule has 5 nitrogen and oxygen atoms in total. The van der Waals surface area contributed by atoms with Gasteiger partial charge in [-0.15, -0.1) is 22.7 Å². The fourth-order valence-electron chi connectivity index (χ4n) is 3.20. The Labute approximate surface area is 174 Å². The van der Waals surface area contributed by atoms with Crippen LogP contribution in [0.4, 0.5) is 0 Å². The van der Waals surface area contributed by atoms with E-state index in [2.05, 4.69) is 21.0 Å². The summed E-state index contributed by atoms with van der Waals surface area (Å²) in [6, 6.07) is 7.89. The predicted octanol–water partition coefficient (Wildman–Crippen LogP) is 4.50. The number of Topliss-reactive ketones (excluding diaryl/α,β-unsaturated/α-hetero) is 1. The van der Waals surface area contributed by atoms with Crippen molar-refractivity contribution in [1.29, 1.82) is 0 Å². The van der Waals surface area contributed by atoms with Crippen LogP contribution < -0.4 is 5.56 Å². The molecule has 0 bridgehead atoms. The Bertz CT molecular complexity index is 1220. The van der Waals surface area contributed by atoms with Crippen LogP contribution in [0.1, 0.15) is 26.6 Å². The van der Waals surface area contributed by atoms with Gasteiger partial charge in [0, 0.05) is 28.9 Å². The largest absolute Gasteiger partial charge is 0.343 e. The van der Waals surface area contributed by atoms with Gasteiger partial charge in [0.25, 0.3) is 5.56 Å². The fourth-order valence-corrected chi connectivity index (χ4v) is 5.56. The zero-order chi connectivity index (χ0) is 19.8. The number of aryl methyl sites for hydroxylation is 1. The molecule has 0 aliphatic heterocycles. The number of fused-ring (bicyclic) bond motifs is 1. The lowest BCUT2D eigenvalue weighted by molar-refractivity contribution is 0.102. The second kappa shape index (κ2) is 7.69. The molecule has 4 heterocycles. The number of carbonyl (C=O) groups is 1. The lowest BCUT2D eigenvalue weighted by atomic mass is 10.2. The summed E-state index contributed by atoms with van der Waals surface area (Å²) in [5, 5.41) is 5.12. The first-order valence-corrected chi connectivity index (χ1v) is 11.5. The summed E-state index contributed by atoms with van der Waals surface area (Å²) in [5.74, 6) is 0.302. The van der Waals surface area contributed by atoms with E-state index in [1.54, 1.807) is 24.5 Å². The number of nitrogens with zero attached hydrogens (tertiary/aromatic N) is 3. The van der Waals surface area contributed by atoms with Crippen LogP contribution in [0.5, 0.6) is 0 Å². The zero-order valence-corrected chi connectivity index (χ0v) is 18.2. The quantitative estimate of drug-likeness (QED) is 0.257. The monoisotopic (exact) mass is 429 g/mol. The summed E-state index contributed by atoms with van der Waals surface area (Å²) in [6.07, 6.45) is 0. The Balaban J connectivity index is 1.55. The van der Waals surface area contributed by atoms with Crippen molar-refractivity contribution in [2.75, 3.05) is 5.75 Å². The molecule has 4 rings (SSSR count). The van der Waals surface area contributed by atoms with Crippen molar-refractivity contribution in [3.63, 3.8) is 0 Å². The Morgan fingerprint density at radius 3 is 2.79 bits per heavy atom. The van der Waals surface area contributed by atoms with Crippen LogP contribution in [-0.2, 0) is 13.6 Å². The molecule has 0 radical (unpaired) electrons. The molecule has 0 N–H and O–H groups in total. The third-order valence-corrected chi connectivity index (χ3v) is 7.46. The third kappa shape index (κ3) is 3.47. The minimum atomic E-state index is -0.0738. The molecule has 4 aromatic rings. The number of aromatic nitrogens is 3. The van der Waals surface area contributed by atoms with Crippen LogP contribution in [0, 0.1) is 13.8 Å². The van der Waals surface area contributed by atoms with Crippen molar-refractivity contribution >= 4 is 50.4 Å². The molecule has 0 aliphatic carbocycles. The minimum Gasteiger partial charge on any atom is -0.343 e. The molecule has 0 aliphatic rings. The molecule has 0 saturated carbocycles. The SMILES string of the molecule is Cc1cc(C(=O)CSc2nc3sccc3c(=O)n2C)c(C)n1Cc1cccs1. The van der Waals surface area contributed by atoms with Gasteiger partial charge >= 0.3 is 0 Å². The second-order valence-electron chi connectivity index (χ2n) is 6.56. The first-order valence-electron chi connectivity index (χ1n) is 8.75. The standard InChI is InChI=1S/C20H19N3O2S3/c1-12-9-16(13(2)23(12)10-14-5-4-7-26-14)17(24)11-28-20-21-18-15(6-8-27-18)19(25)22(20)3/h4-9H,10-11H2,1-3H3. The fraction of sp³-hybridized carbons (Fsp3) is 0.250. The highest BCUT2D eigenvalue weighted by Gasteiger charge is 2.18. The van der Waals surface area contributed by atoms with Crippen molar-refractivity contribution in [2.24, 2.45) is 7.05 Å². The summed E-state index contributed by atoms with van der Waals surface area (Å²) >= 11 is 4.47. The van der Waals surface area contributed by atoms with Gasteiger partial charge in [0.05, 0.1) is 17.7 Å². The van der Waals surface area contributed by atoms with Gasteiger partial charge in [0.15, 0.2) is 10.9 Å². The van der Waals surface area contributed by atoms with Crippen molar-refractivity contribution in [3.8, 4) is 0 Å². The van der Waals surface area contributed by atoms with Crippen molar-refractivity contribution in [1.82, 2.24) is 14.1 Å². The van der Waals surface area contributed by atoms with E-state index in [0.717, 1.165) is 23.5 Å². The zero-order valence-electron chi connectivity index (χ0n) is 15.8. The van der Waals surface area contributed by atoms with Crippen molar-refractivity contribution in [3.05, 3.63) is 67.2 Å². The van der Waals surface area contributed by atoms with Crippen LogP contribution >= 0.6 is 34.4 Å². The topological polar surface area (TPSA) is 56.9 Å². The molecule has 0 spiro atoms. The summed E-state index contributed by atoms with van der Waals surface area (Å²) in [7, 11) is 1.70. The van der Waals surface area contributed by atoms with Gasteiger partial charge in [-0.3, -0.25) is 14.2 Å². The van der Waals surface area contributed by atoms with E-state index in [1.165, 1.54) is 32.5 Å². The molecule has 8 heteroatoms. The number of thioether (sulfide) groups is 1. The normalized spacial score (nSPS) is 11.4. The number of ketones is 1. The van der Waals surface area contributed by atoms with Gasteiger partial charge in [0.2, 0.25) is 0 Å². The molecule has 28 heavy (non-hydrogen) atoms. The highest BCUT2D eigenvalue weighted by atomic mass is 32.2. The number of hydrogen-bond donors (Lipinski definition) is 0. The Morgan fingerprint density at radius 1 is 1.21 bits per heavy atom. The van der Waals surface area contributed by atoms with E-state index in [4.69, 9.17) is 0 Å². The molecule has 0 atom stereocenters. The number of hydrogen-bond acceptors (Lipinski definition) is 6. The van der Waals surface area contributed by atoms with Gasteiger partial charge in [-0.2, -0.15) is 0 Å². The first kappa shape index (κ1) is 19.2. The molecule has 144 valence electrons. The number of rotatable bonds is 6. The average molecular weight is 430 g/mol. The number of carbonyl (C=O) groups excluding carboxylic acids is 1. The van der Waals surface area contributed by atoms with Crippen LogP contribution in [-0.4, -0.2) is 25.7 Å². The smallest absolute Gasteiger partial charge is 0.262 e. The molecular weight excluding hydrogens is 410 g/mol. The predicted molar refractivity (Wildman–Crippen MR) is 117 cm³/mol. The lowest BCUT2D eigenvalue weighted by Crippen LogP contribution is -2.19. The molecule has 0 fully saturated rings. The van der Waals surface area contributed by atoms with E-state index in [1.807, 2.05) is 31.4 Å². The van der Waals surface area contributed by atoms with Gasteiger partial charge < -0.3 is 4.57 Å². The van der Waals surface area contributed by atoms with Gasteiger partial charge in [-0.25, -0.2) is 4.98 Å². The van der Waals surface area contributed by atoms with Gasteiger partial charge in [0.1, 0.15) is 4.83 Å². The summed E-state index contributed by atoms with van der Waals surface area (Å²) < 4.78 is 3.70. The molecule has 0 amide bonds. The van der Waals surface area contributed by atoms with Crippen LogP contribution in [0.3, 0.4) is 0 Å². The summed E-state index contributed by atoms with van der Waals surface area (Å²) in [6.45, 7) is 4.80. The van der Waals surface area contributed by atoms with Gasteiger partial charge in [-0.1, -0.05) is 17.8 Å². The maximum absolute atomic E-state index is 12.9. The van der Waals surface area contributed by atoms with Crippen molar-refractivity contribution < 1.29 is 4.79 Å². The highest BCUT2D eigenvalue weighted by Crippen LogP contribution is 2.24. The van der Waals surface area contributed by atoms with E-state index < -0.39 is 0 Å². The molecule has 0 aromatic carbocycles. The van der Waals surface area contributed by atoms with Crippen LogP contribution in [0.2, 0.25) is 0 Å². The van der Waals surface area contributed by atoms with Crippen LogP contribution in [0.25, 0.3) is 10.2 Å². The maximum Gasteiger partial charge on any atom is 0.262 e. The maximum atomic E-state index is 12.9. The van der Waals surface area contributed by atoms with Crippen LogP contribution in [0.15, 0.2) is 45.0 Å². The molecule has 0 unspecified atom stereocenters. The lowest BCUT2D eigenvalue weighted by Gasteiger charge is -2.09. The van der Waals surface area contributed by atoms with Crippen molar-refractivity contribution in [2.45, 2.75) is 25.5 Å². The highest BCUT2D eigenvalue weighted by molar-refractivity contribution is 7.99. The molecule has 4 aromatic heterocycles.